The molecule has 1 amide bonds. The van der Waals surface area contributed by atoms with Crippen LogP contribution in [0.1, 0.15) is 34.1 Å². The molecular formula is C14H20INO2. The van der Waals surface area contributed by atoms with Crippen LogP contribution in [0.2, 0.25) is 0 Å². The molecule has 1 aromatic carbocycles. The second kappa shape index (κ2) is 6.41. The van der Waals surface area contributed by atoms with Crippen LogP contribution in [-0.2, 0) is 4.74 Å². The summed E-state index contributed by atoms with van der Waals surface area (Å²) in [6.07, 6.45) is 0.609. The summed E-state index contributed by atoms with van der Waals surface area (Å²) in [4.78, 5) is 13.9. The fourth-order valence-corrected chi connectivity index (χ4v) is 2.20. The molecule has 0 aliphatic rings. The highest BCUT2D eigenvalue weighted by atomic mass is 127. The van der Waals surface area contributed by atoms with Crippen LogP contribution in [-0.4, -0.2) is 18.2 Å². The number of benzene rings is 1. The number of hydrogen-bond acceptors (Lipinski definition) is 2. The average Bonchev–Trinajstić information content (AvgIpc) is 2.24. The van der Waals surface area contributed by atoms with Crippen LogP contribution >= 0.6 is 22.6 Å². The highest BCUT2D eigenvalue weighted by molar-refractivity contribution is 14.1. The third-order valence-corrected chi connectivity index (χ3v) is 3.12. The minimum atomic E-state index is -0.469. The van der Waals surface area contributed by atoms with E-state index >= 15 is 0 Å². The molecule has 0 radical (unpaired) electrons. The summed E-state index contributed by atoms with van der Waals surface area (Å²) in [6.45, 7) is 8.35. The first-order valence-electron chi connectivity index (χ1n) is 6.10. The Balaban J connectivity index is 2.96. The Morgan fingerprint density at radius 3 is 2.44 bits per heavy atom. The van der Waals surface area contributed by atoms with Crippen molar-refractivity contribution >= 4 is 34.4 Å². The zero-order valence-corrected chi connectivity index (χ0v) is 13.5. The molecule has 0 unspecified atom stereocenters. The molecule has 1 aromatic rings. The fourth-order valence-electron chi connectivity index (χ4n) is 1.52. The molecule has 0 aromatic heterocycles. The molecule has 0 saturated carbocycles. The van der Waals surface area contributed by atoms with Crippen molar-refractivity contribution in [1.82, 2.24) is 0 Å². The average molecular weight is 361 g/mol. The van der Waals surface area contributed by atoms with E-state index in [2.05, 4.69) is 22.6 Å². The lowest BCUT2D eigenvalue weighted by molar-refractivity contribution is 0.0580. The first kappa shape index (κ1) is 15.3. The lowest BCUT2D eigenvalue weighted by atomic mass is 10.2. The molecule has 0 atom stereocenters. The van der Waals surface area contributed by atoms with Gasteiger partial charge >= 0.3 is 6.09 Å². The minimum Gasteiger partial charge on any atom is -0.443 e. The topological polar surface area (TPSA) is 29.5 Å². The molecule has 0 heterocycles. The molecule has 0 saturated heterocycles. The molecule has 4 heteroatoms. The van der Waals surface area contributed by atoms with Crippen LogP contribution in [0.25, 0.3) is 0 Å². The minimum absolute atomic E-state index is 0.284. The number of halogens is 1. The quantitative estimate of drug-likeness (QED) is 0.745. The Morgan fingerprint density at radius 2 is 1.94 bits per heavy atom. The smallest absolute Gasteiger partial charge is 0.414 e. The molecule has 0 aliphatic heterocycles. The number of rotatable bonds is 3. The summed E-state index contributed by atoms with van der Waals surface area (Å²) in [5.41, 5.74) is 0.442. The summed E-state index contributed by atoms with van der Waals surface area (Å²) >= 11 is 2.24. The van der Waals surface area contributed by atoms with Crippen molar-refractivity contribution in [2.75, 3.05) is 11.4 Å². The number of hydrogen-bond donors (Lipinski definition) is 0. The maximum atomic E-state index is 12.2. The van der Waals surface area contributed by atoms with Crippen LogP contribution in [0.3, 0.4) is 0 Å². The first-order valence-corrected chi connectivity index (χ1v) is 7.18. The molecule has 0 bridgehead atoms. The van der Waals surface area contributed by atoms with Gasteiger partial charge in [-0.05, 0) is 61.9 Å². The molecule has 1 rings (SSSR count). The number of nitrogens with zero attached hydrogens (tertiary/aromatic N) is 1. The zero-order valence-electron chi connectivity index (χ0n) is 11.4. The predicted octanol–water partition coefficient (Wildman–Crippen LogP) is 4.44. The second-order valence-electron chi connectivity index (χ2n) is 5.08. The van der Waals surface area contributed by atoms with E-state index in [-0.39, 0.29) is 6.09 Å². The number of carbonyl (C=O) groups is 1. The van der Waals surface area contributed by atoms with Gasteiger partial charge in [0.2, 0.25) is 0 Å². The maximum absolute atomic E-state index is 12.2. The van der Waals surface area contributed by atoms with E-state index in [1.54, 1.807) is 4.90 Å². The Kier molecular flexibility index (Phi) is 5.44. The van der Waals surface area contributed by atoms with Gasteiger partial charge in [-0.15, -0.1) is 0 Å². The fraction of sp³-hybridized carbons (Fsp3) is 0.500. The molecule has 0 aliphatic carbocycles. The summed E-state index contributed by atoms with van der Waals surface area (Å²) in [5, 5.41) is 0. The number of carbonyl (C=O) groups excluding carboxylic acids is 1. The Morgan fingerprint density at radius 1 is 1.33 bits per heavy atom. The van der Waals surface area contributed by atoms with E-state index in [1.165, 1.54) is 0 Å². The van der Waals surface area contributed by atoms with Crippen molar-refractivity contribution in [2.45, 2.75) is 39.7 Å². The highest BCUT2D eigenvalue weighted by Gasteiger charge is 2.23. The summed E-state index contributed by atoms with van der Waals surface area (Å²) in [6, 6.07) is 7.83. The highest BCUT2D eigenvalue weighted by Crippen LogP contribution is 2.24. The number of para-hydroxylation sites is 1. The normalized spacial score (nSPS) is 11.2. The first-order chi connectivity index (χ1) is 8.35. The number of amides is 1. The number of anilines is 1. The van der Waals surface area contributed by atoms with E-state index in [1.807, 2.05) is 52.0 Å². The van der Waals surface area contributed by atoms with Crippen molar-refractivity contribution in [3.63, 3.8) is 0 Å². The standard InChI is InChI=1S/C14H20INO2/c1-5-10-16(13(17)18-14(2,3)4)12-9-7-6-8-11(12)15/h6-9H,5,10H2,1-4H3. The van der Waals surface area contributed by atoms with Crippen LogP contribution in [0, 0.1) is 3.57 Å². The van der Waals surface area contributed by atoms with Crippen LogP contribution < -0.4 is 4.90 Å². The van der Waals surface area contributed by atoms with Gasteiger partial charge in [0.25, 0.3) is 0 Å². The van der Waals surface area contributed by atoms with Gasteiger partial charge in [-0.1, -0.05) is 19.1 Å². The van der Waals surface area contributed by atoms with Gasteiger partial charge in [0.1, 0.15) is 5.60 Å². The summed E-state index contributed by atoms with van der Waals surface area (Å²) in [5.74, 6) is 0. The molecule has 100 valence electrons. The van der Waals surface area contributed by atoms with Crippen LogP contribution in [0.15, 0.2) is 24.3 Å². The summed E-state index contributed by atoms with van der Waals surface area (Å²) < 4.78 is 6.50. The van der Waals surface area contributed by atoms with Gasteiger partial charge in [-0.25, -0.2) is 4.79 Å². The predicted molar refractivity (Wildman–Crippen MR) is 83.0 cm³/mol. The van der Waals surface area contributed by atoms with E-state index in [0.29, 0.717) is 6.54 Å². The van der Waals surface area contributed by atoms with E-state index in [9.17, 15) is 4.79 Å². The zero-order chi connectivity index (χ0) is 13.8. The lowest BCUT2D eigenvalue weighted by Crippen LogP contribution is -2.37. The Bertz CT molecular complexity index is 413. The SMILES string of the molecule is CCCN(C(=O)OC(C)(C)C)c1ccccc1I. The van der Waals surface area contributed by atoms with Crippen molar-refractivity contribution in [3.8, 4) is 0 Å². The van der Waals surface area contributed by atoms with E-state index < -0.39 is 5.60 Å². The molecule has 18 heavy (non-hydrogen) atoms. The number of ether oxygens (including phenoxy) is 1. The van der Waals surface area contributed by atoms with Crippen molar-refractivity contribution in [1.29, 1.82) is 0 Å². The third-order valence-electron chi connectivity index (χ3n) is 2.20. The monoisotopic (exact) mass is 361 g/mol. The van der Waals surface area contributed by atoms with Gasteiger partial charge < -0.3 is 4.74 Å². The van der Waals surface area contributed by atoms with E-state index in [4.69, 9.17) is 4.74 Å². The van der Waals surface area contributed by atoms with Gasteiger partial charge in [0, 0.05) is 10.1 Å². The van der Waals surface area contributed by atoms with Gasteiger partial charge in [0.05, 0.1) is 5.69 Å². The Hall–Kier alpha value is -0.780. The lowest BCUT2D eigenvalue weighted by Gasteiger charge is -2.27. The van der Waals surface area contributed by atoms with Gasteiger partial charge in [0.15, 0.2) is 0 Å². The van der Waals surface area contributed by atoms with Crippen LogP contribution in [0.4, 0.5) is 10.5 Å². The second-order valence-corrected chi connectivity index (χ2v) is 6.25. The molecule has 3 nitrogen and oxygen atoms in total. The van der Waals surface area contributed by atoms with Gasteiger partial charge in [-0.3, -0.25) is 4.90 Å². The molecule has 0 spiro atoms. The van der Waals surface area contributed by atoms with Crippen molar-refractivity contribution in [3.05, 3.63) is 27.8 Å². The Labute approximate surface area is 123 Å². The van der Waals surface area contributed by atoms with Crippen LogP contribution in [0.5, 0.6) is 0 Å². The van der Waals surface area contributed by atoms with Gasteiger partial charge in [-0.2, -0.15) is 0 Å². The van der Waals surface area contributed by atoms with Crippen molar-refractivity contribution in [2.24, 2.45) is 0 Å². The third kappa shape index (κ3) is 4.48. The van der Waals surface area contributed by atoms with E-state index in [0.717, 1.165) is 15.7 Å². The molecule has 0 N–H and O–H groups in total. The summed E-state index contributed by atoms with van der Waals surface area (Å²) in [7, 11) is 0. The maximum Gasteiger partial charge on any atom is 0.414 e. The molecule has 0 fully saturated rings. The largest absolute Gasteiger partial charge is 0.443 e. The van der Waals surface area contributed by atoms with Crippen molar-refractivity contribution < 1.29 is 9.53 Å². The molecular weight excluding hydrogens is 341 g/mol.